The fourth-order valence-corrected chi connectivity index (χ4v) is 2.46. The maximum Gasteiger partial charge on any atom is 0.322 e. The summed E-state index contributed by atoms with van der Waals surface area (Å²) in [5.41, 5.74) is 0.705. The Morgan fingerprint density at radius 1 is 1.14 bits per heavy atom. The molecule has 1 aromatic carbocycles. The maximum atomic E-state index is 11.9. The number of benzene rings is 1. The topological polar surface area (TPSA) is 104 Å². The van der Waals surface area contributed by atoms with Gasteiger partial charge in [0.1, 0.15) is 6.54 Å². The van der Waals surface area contributed by atoms with Gasteiger partial charge in [0, 0.05) is 5.56 Å². The van der Waals surface area contributed by atoms with Crippen LogP contribution in [0.1, 0.15) is 16.8 Å². The number of carbonyl (C=O) groups is 4. The minimum atomic E-state index is -1.13. The molecule has 3 rings (SSSR count). The molecule has 1 saturated carbocycles. The Balaban J connectivity index is 1.72. The Bertz CT molecular complexity index is 632. The lowest BCUT2D eigenvalue weighted by molar-refractivity contribution is -0.135. The highest BCUT2D eigenvalue weighted by molar-refractivity contribution is 6.24. The number of imide groups is 1. The van der Waals surface area contributed by atoms with Gasteiger partial charge in [-0.2, -0.15) is 0 Å². The van der Waals surface area contributed by atoms with Crippen molar-refractivity contribution in [2.45, 2.75) is 6.42 Å². The molecule has 2 fully saturated rings. The number of fused-ring (bicyclic) bond motifs is 1. The third-order valence-electron chi connectivity index (χ3n) is 3.65. The Morgan fingerprint density at radius 3 is 2.24 bits per heavy atom. The van der Waals surface area contributed by atoms with Gasteiger partial charge < -0.3 is 10.4 Å². The van der Waals surface area contributed by atoms with Crippen LogP contribution >= 0.6 is 0 Å². The summed E-state index contributed by atoms with van der Waals surface area (Å²) >= 11 is 0. The lowest BCUT2D eigenvalue weighted by atomic mass is 10.1. The van der Waals surface area contributed by atoms with Crippen LogP contribution in [-0.2, 0) is 14.4 Å². The van der Waals surface area contributed by atoms with Gasteiger partial charge >= 0.3 is 5.97 Å². The molecule has 1 aliphatic heterocycles. The molecule has 1 heterocycles. The third-order valence-corrected chi connectivity index (χ3v) is 3.65. The van der Waals surface area contributed by atoms with Crippen LogP contribution in [0.3, 0.4) is 0 Å². The summed E-state index contributed by atoms with van der Waals surface area (Å²) in [6, 6.07) is 5.93. The molecule has 21 heavy (non-hydrogen) atoms. The van der Waals surface area contributed by atoms with Crippen molar-refractivity contribution >= 4 is 29.4 Å². The number of amides is 3. The van der Waals surface area contributed by atoms with E-state index in [0.29, 0.717) is 12.1 Å². The second-order valence-electron chi connectivity index (χ2n) is 5.08. The Morgan fingerprint density at radius 2 is 1.71 bits per heavy atom. The number of hydrogen-bond acceptors (Lipinski definition) is 4. The molecule has 2 N–H and O–H groups in total. The Hall–Kier alpha value is -2.70. The summed E-state index contributed by atoms with van der Waals surface area (Å²) < 4.78 is 0. The largest absolute Gasteiger partial charge is 0.480 e. The number of nitrogens with one attached hydrogen (secondary N) is 1. The lowest BCUT2D eigenvalue weighted by Gasteiger charge is -2.16. The van der Waals surface area contributed by atoms with Crippen LogP contribution in [0.15, 0.2) is 24.3 Å². The van der Waals surface area contributed by atoms with Crippen molar-refractivity contribution in [3.63, 3.8) is 0 Å². The van der Waals surface area contributed by atoms with Crippen LogP contribution in [-0.4, -0.2) is 35.3 Å². The molecule has 2 unspecified atom stereocenters. The molecule has 1 saturated heterocycles. The highest BCUT2D eigenvalue weighted by Crippen LogP contribution is 2.48. The Labute approximate surface area is 119 Å². The van der Waals surface area contributed by atoms with Gasteiger partial charge in [-0.25, -0.2) is 0 Å². The van der Waals surface area contributed by atoms with Crippen molar-refractivity contribution < 1.29 is 24.3 Å². The van der Waals surface area contributed by atoms with Crippen molar-refractivity contribution in [2.24, 2.45) is 11.8 Å². The van der Waals surface area contributed by atoms with E-state index in [1.54, 1.807) is 0 Å². The Kier molecular flexibility index (Phi) is 2.97. The number of carboxylic acids is 1. The number of carbonyl (C=O) groups excluding carboxylic acids is 3. The number of piperidine rings is 1. The van der Waals surface area contributed by atoms with E-state index in [2.05, 4.69) is 5.32 Å². The average Bonchev–Trinajstić information content (AvgIpc) is 3.21. The molecule has 0 spiro atoms. The highest BCUT2D eigenvalue weighted by atomic mass is 16.4. The molecular weight excluding hydrogens is 276 g/mol. The van der Waals surface area contributed by atoms with Crippen molar-refractivity contribution in [3.8, 4) is 0 Å². The first-order chi connectivity index (χ1) is 9.99. The molecule has 1 aromatic rings. The third kappa shape index (κ3) is 2.26. The lowest BCUT2D eigenvalue weighted by Crippen LogP contribution is -2.33. The van der Waals surface area contributed by atoms with Gasteiger partial charge in [0.2, 0.25) is 11.8 Å². The van der Waals surface area contributed by atoms with Gasteiger partial charge in [0.15, 0.2) is 0 Å². The normalized spacial score (nSPS) is 23.0. The summed E-state index contributed by atoms with van der Waals surface area (Å²) in [5.74, 6) is -2.37. The minimum absolute atomic E-state index is 0.170. The molecule has 108 valence electrons. The fourth-order valence-electron chi connectivity index (χ4n) is 2.46. The van der Waals surface area contributed by atoms with E-state index in [1.807, 2.05) is 0 Å². The molecule has 0 aromatic heterocycles. The second kappa shape index (κ2) is 4.69. The van der Waals surface area contributed by atoms with Crippen molar-refractivity contribution in [1.82, 2.24) is 5.32 Å². The number of hydrogen-bond donors (Lipinski definition) is 2. The van der Waals surface area contributed by atoms with E-state index in [4.69, 9.17) is 5.11 Å². The fraction of sp³-hybridized carbons (Fsp3) is 0.286. The van der Waals surface area contributed by atoms with Crippen molar-refractivity contribution in [1.29, 1.82) is 0 Å². The smallest absolute Gasteiger partial charge is 0.322 e. The van der Waals surface area contributed by atoms with Crippen molar-refractivity contribution in [2.75, 3.05) is 11.4 Å². The predicted octanol–water partition coefficient (Wildman–Crippen LogP) is 0.0103. The highest BCUT2D eigenvalue weighted by Gasteiger charge is 2.59. The van der Waals surface area contributed by atoms with E-state index in [9.17, 15) is 19.2 Å². The zero-order valence-corrected chi connectivity index (χ0v) is 10.9. The first kappa shape index (κ1) is 13.3. The average molecular weight is 288 g/mol. The molecule has 2 aliphatic rings. The summed E-state index contributed by atoms with van der Waals surface area (Å²) in [5, 5.41) is 10.7. The number of nitrogens with zero attached hydrogens (tertiary/aromatic N) is 1. The molecule has 2 atom stereocenters. The summed E-state index contributed by atoms with van der Waals surface area (Å²) in [7, 11) is 0. The van der Waals surface area contributed by atoms with Crippen LogP contribution in [0.5, 0.6) is 0 Å². The van der Waals surface area contributed by atoms with E-state index in [0.717, 1.165) is 4.90 Å². The number of rotatable bonds is 4. The molecule has 0 bridgehead atoms. The van der Waals surface area contributed by atoms with E-state index in [1.165, 1.54) is 24.3 Å². The van der Waals surface area contributed by atoms with Gasteiger partial charge in [-0.3, -0.25) is 24.1 Å². The molecule has 7 nitrogen and oxygen atoms in total. The number of anilines is 1. The molecule has 0 radical (unpaired) electrons. The van der Waals surface area contributed by atoms with Crippen LogP contribution in [0.2, 0.25) is 0 Å². The number of aliphatic carboxylic acids is 1. The summed E-state index contributed by atoms with van der Waals surface area (Å²) in [4.78, 5) is 47.0. The van der Waals surface area contributed by atoms with Gasteiger partial charge in [-0.15, -0.1) is 0 Å². The van der Waals surface area contributed by atoms with E-state index in [-0.39, 0.29) is 29.2 Å². The SMILES string of the molecule is O=C(O)CNC(=O)c1ccc(N2C(=O)C3CC3C2=O)cc1. The maximum absolute atomic E-state index is 11.9. The number of carboxylic acid groups (broad SMARTS) is 1. The second-order valence-corrected chi connectivity index (χ2v) is 5.08. The van der Waals surface area contributed by atoms with Gasteiger partial charge in [0.25, 0.3) is 5.91 Å². The van der Waals surface area contributed by atoms with Gasteiger partial charge in [-0.05, 0) is 30.7 Å². The van der Waals surface area contributed by atoms with Crippen LogP contribution in [0.4, 0.5) is 5.69 Å². The van der Waals surface area contributed by atoms with E-state index >= 15 is 0 Å². The van der Waals surface area contributed by atoms with Crippen LogP contribution in [0.25, 0.3) is 0 Å². The van der Waals surface area contributed by atoms with Crippen LogP contribution < -0.4 is 10.2 Å². The molecular formula is C14H12N2O5. The van der Waals surface area contributed by atoms with Crippen molar-refractivity contribution in [3.05, 3.63) is 29.8 Å². The molecule has 3 amide bonds. The zero-order chi connectivity index (χ0) is 15.1. The predicted molar refractivity (Wildman–Crippen MR) is 70.5 cm³/mol. The zero-order valence-electron chi connectivity index (χ0n) is 10.9. The summed E-state index contributed by atoms with van der Waals surface area (Å²) in [6.45, 7) is -0.465. The first-order valence-corrected chi connectivity index (χ1v) is 6.47. The summed E-state index contributed by atoms with van der Waals surface area (Å²) in [6.07, 6.45) is 0.643. The minimum Gasteiger partial charge on any atom is -0.480 e. The van der Waals surface area contributed by atoms with Crippen LogP contribution in [0, 0.1) is 11.8 Å². The first-order valence-electron chi connectivity index (χ1n) is 6.47. The standard InChI is InChI=1S/C14H12N2O5/c17-11(18)6-15-12(19)7-1-3-8(4-2-7)16-13(20)9-5-10(9)14(16)21/h1-4,9-10H,5-6H2,(H,15,19)(H,17,18). The van der Waals surface area contributed by atoms with Gasteiger partial charge in [0.05, 0.1) is 17.5 Å². The van der Waals surface area contributed by atoms with Gasteiger partial charge in [-0.1, -0.05) is 0 Å². The van der Waals surface area contributed by atoms with E-state index < -0.39 is 18.4 Å². The molecule has 7 heteroatoms. The molecule has 1 aliphatic carbocycles. The monoisotopic (exact) mass is 288 g/mol. The quantitative estimate of drug-likeness (QED) is 0.760.